The highest BCUT2D eigenvalue weighted by atomic mass is 16.4. The van der Waals surface area contributed by atoms with Crippen LogP contribution in [0.5, 0.6) is 0 Å². The second-order valence-electron chi connectivity index (χ2n) is 3.92. The van der Waals surface area contributed by atoms with Crippen molar-refractivity contribution >= 4 is 12.0 Å². The monoisotopic (exact) mass is 232 g/mol. The van der Waals surface area contributed by atoms with Crippen molar-refractivity contribution in [2.45, 2.75) is 13.0 Å². The molecule has 0 spiro atoms. The van der Waals surface area contributed by atoms with Crippen LogP contribution in [0.3, 0.4) is 0 Å². The highest BCUT2D eigenvalue weighted by Crippen LogP contribution is 2.16. The number of hydrogen-bond donors (Lipinski definition) is 2. The Bertz CT molecular complexity index is 406. The summed E-state index contributed by atoms with van der Waals surface area (Å²) in [5.41, 5.74) is 1.35. The van der Waals surface area contributed by atoms with Crippen molar-refractivity contribution in [3.63, 3.8) is 0 Å². The molecule has 1 aromatic carbocycles. The summed E-state index contributed by atoms with van der Waals surface area (Å²) in [6.45, 7) is 5.17. The average Bonchev–Trinajstić information content (AvgIpc) is 2.27. The second kappa shape index (κ2) is 6.01. The lowest BCUT2D eigenvalue weighted by Gasteiger charge is -2.15. The first-order valence-electron chi connectivity index (χ1n) is 5.32. The summed E-state index contributed by atoms with van der Waals surface area (Å²) in [5, 5.41) is 18.7. The molecule has 0 unspecified atom stereocenters. The maximum Gasteiger partial charge on any atom is 0.313 e. The van der Waals surface area contributed by atoms with Crippen LogP contribution in [-0.4, -0.2) is 22.3 Å². The molecule has 3 heteroatoms. The quantitative estimate of drug-likeness (QED) is 0.766. The summed E-state index contributed by atoms with van der Waals surface area (Å²) >= 11 is 0. The van der Waals surface area contributed by atoms with E-state index in [-0.39, 0.29) is 0 Å². The van der Waals surface area contributed by atoms with Crippen LogP contribution in [0.25, 0.3) is 6.08 Å². The smallest absolute Gasteiger partial charge is 0.313 e. The van der Waals surface area contributed by atoms with E-state index >= 15 is 0 Å². The molecule has 17 heavy (non-hydrogen) atoms. The summed E-state index contributed by atoms with van der Waals surface area (Å²) in [4.78, 5) is 10.9. The number of carbonyl (C=O) groups is 1. The summed E-state index contributed by atoms with van der Waals surface area (Å²) in [5.74, 6) is -2.03. The first kappa shape index (κ1) is 13.2. The van der Waals surface area contributed by atoms with E-state index in [9.17, 15) is 9.90 Å². The maximum absolute atomic E-state index is 10.9. The van der Waals surface area contributed by atoms with Gasteiger partial charge in [-0.1, -0.05) is 54.6 Å². The highest BCUT2D eigenvalue weighted by Gasteiger charge is 2.24. The van der Waals surface area contributed by atoms with Gasteiger partial charge in [-0.05, 0) is 12.5 Å². The van der Waals surface area contributed by atoms with Crippen molar-refractivity contribution in [1.82, 2.24) is 0 Å². The topological polar surface area (TPSA) is 57.5 Å². The maximum atomic E-state index is 10.9. The molecule has 90 valence electrons. The first-order chi connectivity index (χ1) is 8.02. The van der Waals surface area contributed by atoms with Crippen molar-refractivity contribution in [3.8, 4) is 0 Å². The van der Waals surface area contributed by atoms with Crippen molar-refractivity contribution in [3.05, 3.63) is 54.1 Å². The van der Waals surface area contributed by atoms with Gasteiger partial charge in [-0.2, -0.15) is 0 Å². The molecule has 2 atom stereocenters. The molecule has 0 radical (unpaired) electrons. The number of hydrogen-bond acceptors (Lipinski definition) is 2. The van der Waals surface area contributed by atoms with E-state index in [2.05, 4.69) is 6.58 Å². The Kier molecular flexibility index (Phi) is 4.67. The summed E-state index contributed by atoms with van der Waals surface area (Å²) < 4.78 is 0. The number of carboxylic acids is 1. The normalized spacial score (nSPS) is 14.5. The third kappa shape index (κ3) is 3.89. The SMILES string of the molecule is C=C(C)[C@@H](C(=O)O)[C@H](O)/C=C/c1ccccc1. The molecule has 3 nitrogen and oxygen atoms in total. The lowest BCUT2D eigenvalue weighted by molar-refractivity contribution is -0.142. The van der Waals surface area contributed by atoms with Crippen LogP contribution in [0, 0.1) is 5.92 Å². The Morgan fingerprint density at radius 3 is 2.41 bits per heavy atom. The fraction of sp³-hybridized carbons (Fsp3) is 0.214. The minimum Gasteiger partial charge on any atom is -0.481 e. The standard InChI is InChI=1S/C14H16O3/c1-10(2)13(14(16)17)12(15)9-8-11-6-4-3-5-7-11/h3-9,12-13,15H,1H2,2H3,(H,16,17)/b9-8+/t12-,13-/m1/s1. The molecule has 0 saturated heterocycles. The molecule has 0 aliphatic rings. The number of benzene rings is 1. The molecule has 2 N–H and O–H groups in total. The van der Waals surface area contributed by atoms with Gasteiger partial charge in [-0.3, -0.25) is 4.79 Å². The predicted molar refractivity (Wildman–Crippen MR) is 67.4 cm³/mol. The molecule has 1 aromatic rings. The third-order valence-corrected chi connectivity index (χ3v) is 2.42. The van der Waals surface area contributed by atoms with Crippen LogP contribution in [0.4, 0.5) is 0 Å². The minimum absolute atomic E-state index is 0.433. The first-order valence-corrected chi connectivity index (χ1v) is 5.32. The summed E-state index contributed by atoms with van der Waals surface area (Å²) in [6, 6.07) is 9.39. The van der Waals surface area contributed by atoms with Crippen molar-refractivity contribution in [1.29, 1.82) is 0 Å². The van der Waals surface area contributed by atoms with Crippen LogP contribution in [0.15, 0.2) is 48.6 Å². The van der Waals surface area contributed by atoms with Gasteiger partial charge in [0.05, 0.1) is 6.10 Å². The van der Waals surface area contributed by atoms with Gasteiger partial charge in [-0.25, -0.2) is 0 Å². The summed E-state index contributed by atoms with van der Waals surface area (Å²) in [6.07, 6.45) is 2.11. The fourth-order valence-electron chi connectivity index (χ4n) is 1.53. The molecule has 0 aliphatic carbocycles. The molecule has 1 rings (SSSR count). The van der Waals surface area contributed by atoms with E-state index in [4.69, 9.17) is 5.11 Å². The van der Waals surface area contributed by atoms with Crippen molar-refractivity contribution in [2.24, 2.45) is 5.92 Å². The number of carboxylic acid groups (broad SMARTS) is 1. The van der Waals surface area contributed by atoms with Crippen LogP contribution in [-0.2, 0) is 4.79 Å². The van der Waals surface area contributed by atoms with E-state index in [0.29, 0.717) is 5.57 Å². The molecule has 0 aromatic heterocycles. The van der Waals surface area contributed by atoms with Gasteiger partial charge in [0.25, 0.3) is 0 Å². The van der Waals surface area contributed by atoms with E-state index in [1.807, 2.05) is 30.3 Å². The summed E-state index contributed by atoms with van der Waals surface area (Å²) in [7, 11) is 0. The van der Waals surface area contributed by atoms with Gasteiger partial charge in [0.15, 0.2) is 0 Å². The molecule has 0 heterocycles. The van der Waals surface area contributed by atoms with Crippen molar-refractivity contribution < 1.29 is 15.0 Å². The Labute approximate surface area is 101 Å². The lowest BCUT2D eigenvalue weighted by atomic mass is 9.95. The third-order valence-electron chi connectivity index (χ3n) is 2.42. The van der Waals surface area contributed by atoms with Crippen LogP contribution in [0.1, 0.15) is 12.5 Å². The van der Waals surface area contributed by atoms with Gasteiger partial charge in [-0.15, -0.1) is 0 Å². The second-order valence-corrected chi connectivity index (χ2v) is 3.92. The number of aliphatic carboxylic acids is 1. The lowest BCUT2D eigenvalue weighted by Crippen LogP contribution is -2.27. The Morgan fingerprint density at radius 2 is 1.94 bits per heavy atom. The average molecular weight is 232 g/mol. The fourth-order valence-corrected chi connectivity index (χ4v) is 1.53. The van der Waals surface area contributed by atoms with Gasteiger partial charge < -0.3 is 10.2 Å². The van der Waals surface area contributed by atoms with E-state index < -0.39 is 18.0 Å². The number of aliphatic hydroxyl groups excluding tert-OH is 1. The Morgan fingerprint density at radius 1 is 1.35 bits per heavy atom. The molecular weight excluding hydrogens is 216 g/mol. The molecular formula is C14H16O3. The number of rotatable bonds is 5. The van der Waals surface area contributed by atoms with E-state index in [1.165, 1.54) is 6.08 Å². The van der Waals surface area contributed by atoms with E-state index in [1.54, 1.807) is 13.0 Å². The zero-order valence-corrected chi connectivity index (χ0v) is 9.71. The Balaban J connectivity index is 2.77. The zero-order valence-electron chi connectivity index (χ0n) is 9.71. The highest BCUT2D eigenvalue weighted by molar-refractivity contribution is 5.74. The van der Waals surface area contributed by atoms with Gasteiger partial charge in [0.1, 0.15) is 5.92 Å². The number of aliphatic hydroxyl groups is 1. The molecule has 0 aliphatic heterocycles. The van der Waals surface area contributed by atoms with Crippen LogP contribution >= 0.6 is 0 Å². The Hall–Kier alpha value is -1.87. The van der Waals surface area contributed by atoms with Gasteiger partial charge in [0.2, 0.25) is 0 Å². The molecule has 0 saturated carbocycles. The largest absolute Gasteiger partial charge is 0.481 e. The van der Waals surface area contributed by atoms with Crippen LogP contribution in [0.2, 0.25) is 0 Å². The van der Waals surface area contributed by atoms with Gasteiger partial charge in [0, 0.05) is 0 Å². The molecule has 0 bridgehead atoms. The van der Waals surface area contributed by atoms with E-state index in [0.717, 1.165) is 5.56 Å². The molecule has 0 amide bonds. The molecule has 0 fully saturated rings. The van der Waals surface area contributed by atoms with Gasteiger partial charge >= 0.3 is 5.97 Å². The zero-order chi connectivity index (χ0) is 12.8. The van der Waals surface area contributed by atoms with Crippen LogP contribution < -0.4 is 0 Å². The van der Waals surface area contributed by atoms with Crippen molar-refractivity contribution in [2.75, 3.05) is 0 Å². The predicted octanol–water partition coefficient (Wildman–Crippen LogP) is 2.34. The minimum atomic E-state index is -1.07.